The first-order valence-corrected chi connectivity index (χ1v) is 10.5. The summed E-state index contributed by atoms with van der Waals surface area (Å²) in [6, 6.07) is 10.7. The molecule has 0 aromatic heterocycles. The Kier molecular flexibility index (Phi) is 5.48. The number of piperidine rings is 2. The average Bonchev–Trinajstić information content (AvgIpc) is 3.48. The minimum atomic E-state index is 0.196. The van der Waals surface area contributed by atoms with Crippen molar-refractivity contribution in [1.29, 1.82) is 0 Å². The van der Waals surface area contributed by atoms with Gasteiger partial charge in [-0.15, -0.1) is 0 Å². The second-order valence-corrected chi connectivity index (χ2v) is 8.71. The highest BCUT2D eigenvalue weighted by Gasteiger charge is 2.41. The molecule has 1 spiro atoms. The SMILES string of the molecule is O=C(CCN1CCC[C@@]2(CCC(=O)N(Cc3ccccc3)C2)C1)NC1CC1. The lowest BCUT2D eigenvalue weighted by Crippen LogP contribution is -2.54. The van der Waals surface area contributed by atoms with Crippen LogP contribution in [0, 0.1) is 5.41 Å². The number of likely N-dealkylation sites (tertiary alicyclic amines) is 2. The highest BCUT2D eigenvalue weighted by molar-refractivity contribution is 5.77. The topological polar surface area (TPSA) is 52.7 Å². The average molecular weight is 370 g/mol. The van der Waals surface area contributed by atoms with Crippen LogP contribution in [0.2, 0.25) is 0 Å². The van der Waals surface area contributed by atoms with E-state index in [1.54, 1.807) is 0 Å². The highest BCUT2D eigenvalue weighted by atomic mass is 16.2. The standard InChI is InChI=1S/C22H31N3O2/c26-20(23-19-7-8-19)10-14-24-13-4-11-22(16-24)12-9-21(27)25(17-22)15-18-5-2-1-3-6-18/h1-3,5-6,19H,4,7-17H2,(H,23,26)/t22-/m1/s1. The fourth-order valence-electron chi connectivity index (χ4n) is 4.67. The number of benzene rings is 1. The predicted molar refractivity (Wildman–Crippen MR) is 105 cm³/mol. The summed E-state index contributed by atoms with van der Waals surface area (Å²) in [7, 11) is 0. The minimum absolute atomic E-state index is 0.196. The maximum absolute atomic E-state index is 12.5. The third-order valence-electron chi connectivity index (χ3n) is 6.30. The van der Waals surface area contributed by atoms with E-state index in [0.717, 1.165) is 51.9 Å². The van der Waals surface area contributed by atoms with Crippen molar-refractivity contribution in [2.24, 2.45) is 5.41 Å². The first kappa shape index (κ1) is 18.5. The van der Waals surface area contributed by atoms with E-state index in [4.69, 9.17) is 0 Å². The van der Waals surface area contributed by atoms with Crippen LogP contribution < -0.4 is 5.32 Å². The zero-order valence-corrected chi connectivity index (χ0v) is 16.2. The molecule has 5 nitrogen and oxygen atoms in total. The molecule has 1 aromatic carbocycles. The lowest BCUT2D eigenvalue weighted by atomic mass is 9.73. The Morgan fingerprint density at radius 3 is 2.74 bits per heavy atom. The van der Waals surface area contributed by atoms with Crippen LogP contribution in [0.4, 0.5) is 0 Å². The molecule has 146 valence electrons. The Morgan fingerprint density at radius 2 is 1.96 bits per heavy atom. The second-order valence-electron chi connectivity index (χ2n) is 8.71. The van der Waals surface area contributed by atoms with Gasteiger partial charge in [-0.05, 0) is 44.2 Å². The van der Waals surface area contributed by atoms with Gasteiger partial charge in [0.2, 0.25) is 11.8 Å². The smallest absolute Gasteiger partial charge is 0.222 e. The van der Waals surface area contributed by atoms with E-state index in [-0.39, 0.29) is 17.2 Å². The number of nitrogens with zero attached hydrogens (tertiary/aromatic N) is 2. The van der Waals surface area contributed by atoms with Crippen LogP contribution in [0.3, 0.4) is 0 Å². The molecule has 0 unspecified atom stereocenters. The van der Waals surface area contributed by atoms with Gasteiger partial charge >= 0.3 is 0 Å². The number of nitrogens with one attached hydrogen (secondary N) is 1. The van der Waals surface area contributed by atoms with Crippen molar-refractivity contribution in [3.63, 3.8) is 0 Å². The van der Waals surface area contributed by atoms with Gasteiger partial charge in [0.1, 0.15) is 0 Å². The van der Waals surface area contributed by atoms with E-state index < -0.39 is 0 Å². The second kappa shape index (κ2) is 8.01. The van der Waals surface area contributed by atoms with E-state index in [1.807, 2.05) is 18.2 Å². The van der Waals surface area contributed by atoms with Crippen LogP contribution in [0.25, 0.3) is 0 Å². The molecule has 2 saturated heterocycles. The lowest BCUT2D eigenvalue weighted by molar-refractivity contribution is -0.140. The molecular formula is C22H31N3O2. The van der Waals surface area contributed by atoms with Crippen molar-refractivity contribution >= 4 is 11.8 Å². The summed E-state index contributed by atoms with van der Waals surface area (Å²) in [4.78, 5) is 29.0. The van der Waals surface area contributed by atoms with Crippen molar-refractivity contribution in [2.75, 3.05) is 26.2 Å². The Morgan fingerprint density at radius 1 is 1.15 bits per heavy atom. The maximum atomic E-state index is 12.5. The van der Waals surface area contributed by atoms with Gasteiger partial charge in [-0.3, -0.25) is 9.59 Å². The van der Waals surface area contributed by atoms with E-state index in [1.165, 1.54) is 12.0 Å². The van der Waals surface area contributed by atoms with Gasteiger partial charge in [-0.25, -0.2) is 0 Å². The van der Waals surface area contributed by atoms with Gasteiger partial charge in [-0.1, -0.05) is 30.3 Å². The van der Waals surface area contributed by atoms with Crippen LogP contribution in [0.5, 0.6) is 0 Å². The normalized spacial score (nSPS) is 26.4. The van der Waals surface area contributed by atoms with E-state index >= 15 is 0 Å². The molecule has 0 bridgehead atoms. The molecule has 27 heavy (non-hydrogen) atoms. The van der Waals surface area contributed by atoms with Crippen LogP contribution in [-0.4, -0.2) is 53.8 Å². The fourth-order valence-corrected chi connectivity index (χ4v) is 4.67. The van der Waals surface area contributed by atoms with Crippen LogP contribution in [-0.2, 0) is 16.1 Å². The number of carbonyl (C=O) groups excluding carboxylic acids is 2. The van der Waals surface area contributed by atoms with E-state index in [9.17, 15) is 9.59 Å². The molecule has 4 rings (SSSR count). The monoisotopic (exact) mass is 369 g/mol. The van der Waals surface area contributed by atoms with Crippen LogP contribution in [0.15, 0.2) is 30.3 Å². The summed E-state index contributed by atoms with van der Waals surface area (Å²) >= 11 is 0. The van der Waals surface area contributed by atoms with E-state index in [2.05, 4.69) is 27.2 Å². The molecule has 1 saturated carbocycles. The highest BCUT2D eigenvalue weighted by Crippen LogP contribution is 2.39. The number of amides is 2. The summed E-state index contributed by atoms with van der Waals surface area (Å²) in [5.41, 5.74) is 1.40. The van der Waals surface area contributed by atoms with Crippen LogP contribution >= 0.6 is 0 Å². The molecule has 0 radical (unpaired) electrons. The van der Waals surface area contributed by atoms with Crippen molar-refractivity contribution in [3.05, 3.63) is 35.9 Å². The summed E-state index contributed by atoms with van der Waals surface area (Å²) in [5, 5.41) is 3.09. The van der Waals surface area contributed by atoms with Gasteiger partial charge in [0.15, 0.2) is 0 Å². The van der Waals surface area contributed by atoms with Gasteiger partial charge in [0.25, 0.3) is 0 Å². The number of hydrogen-bond acceptors (Lipinski definition) is 3. The van der Waals surface area contributed by atoms with Crippen LogP contribution in [0.1, 0.15) is 50.5 Å². The van der Waals surface area contributed by atoms with Crippen molar-refractivity contribution in [2.45, 2.75) is 57.5 Å². The summed E-state index contributed by atoms with van der Waals surface area (Å²) in [6.45, 7) is 4.50. The molecule has 1 aliphatic carbocycles. The molecule has 2 amide bonds. The Labute approximate surface area is 162 Å². The molecule has 2 heterocycles. The number of hydrogen-bond donors (Lipinski definition) is 1. The molecule has 3 aliphatic rings. The number of rotatable bonds is 6. The quantitative estimate of drug-likeness (QED) is 0.838. The van der Waals surface area contributed by atoms with Gasteiger partial charge in [0.05, 0.1) is 0 Å². The van der Waals surface area contributed by atoms with Gasteiger partial charge in [0, 0.05) is 50.5 Å². The molecule has 2 aliphatic heterocycles. The first-order chi connectivity index (χ1) is 13.1. The minimum Gasteiger partial charge on any atom is -0.353 e. The van der Waals surface area contributed by atoms with Gasteiger partial charge < -0.3 is 15.1 Å². The molecule has 1 atom stereocenters. The van der Waals surface area contributed by atoms with Crippen molar-refractivity contribution in [1.82, 2.24) is 15.1 Å². The van der Waals surface area contributed by atoms with E-state index in [0.29, 0.717) is 25.4 Å². The molecule has 1 N–H and O–H groups in total. The lowest BCUT2D eigenvalue weighted by Gasteiger charge is -2.48. The number of carbonyl (C=O) groups is 2. The summed E-state index contributed by atoms with van der Waals surface area (Å²) < 4.78 is 0. The van der Waals surface area contributed by atoms with Crippen molar-refractivity contribution in [3.8, 4) is 0 Å². The first-order valence-electron chi connectivity index (χ1n) is 10.5. The third-order valence-corrected chi connectivity index (χ3v) is 6.30. The summed E-state index contributed by atoms with van der Waals surface area (Å²) in [5.74, 6) is 0.479. The predicted octanol–water partition coefficient (Wildman–Crippen LogP) is 2.56. The molecule has 5 heteroatoms. The third kappa shape index (κ3) is 4.89. The maximum Gasteiger partial charge on any atom is 0.222 e. The Hall–Kier alpha value is -1.88. The van der Waals surface area contributed by atoms with Crippen molar-refractivity contribution < 1.29 is 9.59 Å². The summed E-state index contributed by atoms with van der Waals surface area (Å²) in [6.07, 6.45) is 6.88. The molecular weight excluding hydrogens is 338 g/mol. The zero-order valence-electron chi connectivity index (χ0n) is 16.2. The zero-order chi connectivity index (χ0) is 18.7. The molecule has 3 fully saturated rings. The fraction of sp³-hybridized carbons (Fsp3) is 0.636. The molecule has 1 aromatic rings. The largest absolute Gasteiger partial charge is 0.353 e. The Bertz CT molecular complexity index is 673. The van der Waals surface area contributed by atoms with Gasteiger partial charge in [-0.2, -0.15) is 0 Å². The Balaban J connectivity index is 1.33.